The van der Waals surface area contributed by atoms with Crippen LogP contribution >= 0.6 is 11.6 Å². The highest BCUT2D eigenvalue weighted by molar-refractivity contribution is 6.33. The van der Waals surface area contributed by atoms with E-state index in [1.807, 2.05) is 55.6 Å². The summed E-state index contributed by atoms with van der Waals surface area (Å²) in [5.74, 6) is 1.64. The third kappa shape index (κ3) is 7.72. The van der Waals surface area contributed by atoms with E-state index in [1.165, 1.54) is 0 Å². The summed E-state index contributed by atoms with van der Waals surface area (Å²) in [5, 5.41) is 12.4. The van der Waals surface area contributed by atoms with E-state index in [9.17, 15) is 14.4 Å². The zero-order valence-corrected chi connectivity index (χ0v) is 29.0. The molecule has 5 aromatic rings. The summed E-state index contributed by atoms with van der Waals surface area (Å²) >= 11 is 6.43. The molecule has 3 aromatic heterocycles. The van der Waals surface area contributed by atoms with Crippen molar-refractivity contribution in [1.29, 1.82) is 0 Å². The Morgan fingerprint density at radius 1 is 1.02 bits per heavy atom. The summed E-state index contributed by atoms with van der Waals surface area (Å²) in [4.78, 5) is 51.2. The highest BCUT2D eigenvalue weighted by Gasteiger charge is 2.30. The molecular weight excluding hydrogens is 642 g/mol. The number of halogens is 1. The number of hydrogen-bond acceptors (Lipinski definition) is 6. The number of nitrogens with one attached hydrogen (secondary N) is 3. The molecule has 1 aliphatic heterocycles. The van der Waals surface area contributed by atoms with Crippen LogP contribution in [0, 0.1) is 19.8 Å². The Kier molecular flexibility index (Phi) is 10.2. The normalized spacial score (nSPS) is 17.9. The van der Waals surface area contributed by atoms with Gasteiger partial charge in [0.2, 0.25) is 11.8 Å². The van der Waals surface area contributed by atoms with Crippen molar-refractivity contribution in [2.24, 2.45) is 5.92 Å². The van der Waals surface area contributed by atoms with E-state index < -0.39 is 12.1 Å². The maximum absolute atomic E-state index is 14.1. The second kappa shape index (κ2) is 14.7. The van der Waals surface area contributed by atoms with E-state index in [0.717, 1.165) is 16.5 Å². The van der Waals surface area contributed by atoms with E-state index in [4.69, 9.17) is 21.0 Å². The molecule has 0 unspecified atom stereocenters. The monoisotopic (exact) mass is 683 g/mol. The molecule has 0 saturated heterocycles. The van der Waals surface area contributed by atoms with Crippen LogP contribution in [0.2, 0.25) is 5.02 Å². The van der Waals surface area contributed by atoms with E-state index in [1.54, 1.807) is 28.6 Å². The van der Waals surface area contributed by atoms with Gasteiger partial charge in [-0.05, 0) is 62.4 Å². The number of aromatic nitrogens is 4. The molecule has 12 heteroatoms. The minimum Gasteiger partial charge on any atom is -0.460 e. The van der Waals surface area contributed by atoms with Gasteiger partial charge in [0.1, 0.15) is 29.2 Å². The van der Waals surface area contributed by atoms with Crippen molar-refractivity contribution < 1.29 is 18.8 Å². The fourth-order valence-corrected chi connectivity index (χ4v) is 6.71. The summed E-state index contributed by atoms with van der Waals surface area (Å²) in [5.41, 5.74) is 3.02. The summed E-state index contributed by atoms with van der Waals surface area (Å²) in [6, 6.07) is 15.7. The van der Waals surface area contributed by atoms with Crippen molar-refractivity contribution in [1.82, 2.24) is 35.3 Å². The second-order valence-electron chi connectivity index (χ2n) is 13.1. The molecule has 0 radical (unpaired) electrons. The van der Waals surface area contributed by atoms with Gasteiger partial charge in [-0.3, -0.25) is 14.4 Å². The molecule has 0 fully saturated rings. The molecule has 0 spiro atoms. The number of carbonyl (C=O) groups is 3. The summed E-state index contributed by atoms with van der Waals surface area (Å²) < 4.78 is 7.81. The van der Waals surface area contributed by atoms with Gasteiger partial charge >= 0.3 is 0 Å². The number of rotatable bonds is 6. The standard InChI is InChI=1S/C37H42ClN7O4/c1-22(2)18-31-35-40-24(4)43-45(35)17-16-44(37(48)28-20-33(49-23(28)3)27-11-5-7-12-29(27)38)15-9-14-34(46)41-32(36(47)42-31)19-25-21-39-30-13-8-6-10-26(25)30/h5-8,10-13,20-22,31-32,39H,9,14-19H2,1-4H3,(H,41,46)(H,42,47)/t31-,32+/m0/s1. The first-order valence-electron chi connectivity index (χ1n) is 16.8. The van der Waals surface area contributed by atoms with Crippen LogP contribution < -0.4 is 10.6 Å². The molecule has 6 rings (SSSR count). The number of H-pyrrole nitrogens is 1. The molecule has 49 heavy (non-hydrogen) atoms. The molecule has 2 atom stereocenters. The number of furan rings is 1. The minimum absolute atomic E-state index is 0.139. The average molecular weight is 684 g/mol. The maximum atomic E-state index is 14.1. The first-order valence-corrected chi connectivity index (χ1v) is 17.2. The van der Waals surface area contributed by atoms with E-state index in [0.29, 0.717) is 78.2 Å². The van der Waals surface area contributed by atoms with Crippen LogP contribution in [0.4, 0.5) is 0 Å². The van der Waals surface area contributed by atoms with Crippen molar-refractivity contribution in [3.05, 3.63) is 94.4 Å². The highest BCUT2D eigenvalue weighted by Crippen LogP contribution is 2.32. The lowest BCUT2D eigenvalue weighted by Gasteiger charge is -2.27. The molecule has 2 aromatic carbocycles. The number of nitrogens with zero attached hydrogens (tertiary/aromatic N) is 4. The molecule has 3 amide bonds. The Bertz CT molecular complexity index is 1980. The van der Waals surface area contributed by atoms with E-state index >= 15 is 0 Å². The fourth-order valence-electron chi connectivity index (χ4n) is 6.48. The highest BCUT2D eigenvalue weighted by atomic mass is 35.5. The topological polar surface area (TPSA) is 138 Å². The SMILES string of the molecule is Cc1nc2n(n1)CCN(C(=O)c1cc(-c3ccccc3Cl)oc1C)CCCC(=O)N[C@H](Cc1c[nH]c3ccccc13)C(=O)N[C@H]2CC(C)C. The van der Waals surface area contributed by atoms with Crippen LogP contribution in [-0.4, -0.2) is 61.5 Å². The number of amides is 3. The lowest BCUT2D eigenvalue weighted by atomic mass is 10.0. The third-order valence-corrected chi connectivity index (χ3v) is 9.21. The lowest BCUT2D eigenvalue weighted by Crippen LogP contribution is -2.49. The van der Waals surface area contributed by atoms with Crippen LogP contribution in [0.15, 0.2) is 65.2 Å². The molecule has 0 aliphatic carbocycles. The number of aromatic amines is 1. The zero-order chi connectivity index (χ0) is 34.7. The van der Waals surface area contributed by atoms with E-state index in [2.05, 4.69) is 34.6 Å². The van der Waals surface area contributed by atoms with Gasteiger partial charge in [0.25, 0.3) is 5.91 Å². The molecule has 1 aliphatic rings. The Morgan fingerprint density at radius 2 is 1.80 bits per heavy atom. The number of carbonyl (C=O) groups excluding carboxylic acids is 3. The largest absolute Gasteiger partial charge is 0.460 e. The van der Waals surface area contributed by atoms with Crippen LogP contribution in [-0.2, 0) is 22.6 Å². The predicted molar refractivity (Wildman–Crippen MR) is 188 cm³/mol. The lowest BCUT2D eigenvalue weighted by molar-refractivity contribution is -0.129. The Labute approximate surface area is 290 Å². The minimum atomic E-state index is -0.823. The van der Waals surface area contributed by atoms with E-state index in [-0.39, 0.29) is 30.1 Å². The third-order valence-electron chi connectivity index (χ3n) is 8.88. The number of para-hydroxylation sites is 1. The predicted octanol–water partition coefficient (Wildman–Crippen LogP) is 6.16. The smallest absolute Gasteiger partial charge is 0.257 e. The second-order valence-corrected chi connectivity index (χ2v) is 13.5. The van der Waals surface area contributed by atoms with Crippen LogP contribution in [0.1, 0.15) is 72.5 Å². The Hall–Kier alpha value is -4.90. The number of hydrogen-bond donors (Lipinski definition) is 3. The van der Waals surface area contributed by atoms with Crippen molar-refractivity contribution in [3.63, 3.8) is 0 Å². The van der Waals surface area contributed by atoms with Crippen molar-refractivity contribution in [3.8, 4) is 11.3 Å². The van der Waals surface area contributed by atoms with Gasteiger partial charge in [0.15, 0.2) is 0 Å². The quantitative estimate of drug-likeness (QED) is 0.196. The van der Waals surface area contributed by atoms with Crippen molar-refractivity contribution in [2.75, 3.05) is 13.1 Å². The zero-order valence-electron chi connectivity index (χ0n) is 28.3. The average Bonchev–Trinajstić information content (AvgIpc) is 3.77. The maximum Gasteiger partial charge on any atom is 0.257 e. The van der Waals surface area contributed by atoms with Gasteiger partial charge in [-0.25, -0.2) is 9.67 Å². The molecule has 4 heterocycles. The number of benzene rings is 2. The molecule has 0 bridgehead atoms. The molecule has 0 saturated carbocycles. The first kappa shape index (κ1) is 34.0. The summed E-state index contributed by atoms with van der Waals surface area (Å²) in [6.45, 7) is 8.73. The Morgan fingerprint density at radius 3 is 2.59 bits per heavy atom. The van der Waals surface area contributed by atoms with Gasteiger partial charge < -0.3 is 24.9 Å². The van der Waals surface area contributed by atoms with Crippen LogP contribution in [0.25, 0.3) is 22.2 Å². The fraction of sp³-hybridized carbons (Fsp3) is 0.378. The summed E-state index contributed by atoms with van der Waals surface area (Å²) in [6.07, 6.45) is 3.34. The first-order chi connectivity index (χ1) is 23.6. The van der Waals surface area contributed by atoms with Gasteiger partial charge in [-0.15, -0.1) is 0 Å². The molecular formula is C37H42ClN7O4. The van der Waals surface area contributed by atoms with Gasteiger partial charge in [-0.2, -0.15) is 5.10 Å². The number of fused-ring (bicyclic) bond motifs is 2. The summed E-state index contributed by atoms with van der Waals surface area (Å²) in [7, 11) is 0. The molecule has 11 nitrogen and oxygen atoms in total. The molecule has 3 N–H and O–H groups in total. The van der Waals surface area contributed by atoms with Crippen molar-refractivity contribution in [2.45, 2.75) is 72.0 Å². The van der Waals surface area contributed by atoms with Crippen molar-refractivity contribution >= 4 is 40.2 Å². The molecule has 256 valence electrons. The van der Waals surface area contributed by atoms with Crippen LogP contribution in [0.3, 0.4) is 0 Å². The number of aryl methyl sites for hydroxylation is 2. The van der Waals surface area contributed by atoms with Gasteiger partial charge in [-0.1, -0.05) is 55.8 Å². The van der Waals surface area contributed by atoms with Crippen LogP contribution in [0.5, 0.6) is 0 Å². The van der Waals surface area contributed by atoms with Gasteiger partial charge in [0.05, 0.1) is 23.2 Å². The Balaban J connectivity index is 1.31. The van der Waals surface area contributed by atoms with Gasteiger partial charge in [0, 0.05) is 48.6 Å².